The van der Waals surface area contributed by atoms with Gasteiger partial charge in [-0.25, -0.2) is 9.59 Å². The second kappa shape index (κ2) is 18.8. The lowest BCUT2D eigenvalue weighted by Gasteiger charge is -2.52. The van der Waals surface area contributed by atoms with Gasteiger partial charge in [-0.3, -0.25) is 19.8 Å². The summed E-state index contributed by atoms with van der Waals surface area (Å²) in [6.07, 6.45) is -14.6. The number of aliphatic hydroxyl groups excluding tert-OH is 2. The zero-order chi connectivity index (χ0) is 41.6. The third kappa shape index (κ3) is 9.36. The summed E-state index contributed by atoms with van der Waals surface area (Å²) in [5, 5.41) is 66.4. The summed E-state index contributed by atoms with van der Waals surface area (Å²) >= 11 is 4.62. The number of Topliss-reactive ketones (excluding diaryl/α,β-unsaturated/α-hetero) is 1. The largest absolute Gasteiger partial charge is 0.508 e. The molecule has 2 fully saturated rings. The number of aliphatic imine (C=N–C) groups is 1. The SMILES string of the molecule is CC=C(N=C=S)C(=O)OC1C(COC(=O)CC)OC(C2(O)CC(=O)C(=N)C(C(=O)O)=C2O)C(O)C1OC1CC(OC)C(O)(C(C)OC(=O)C(C)CC)C(C)O1. The van der Waals surface area contributed by atoms with Gasteiger partial charge in [-0.2, -0.15) is 4.99 Å². The van der Waals surface area contributed by atoms with Crippen LogP contribution >= 0.6 is 12.2 Å². The third-order valence-corrected chi connectivity index (χ3v) is 10.1. The summed E-state index contributed by atoms with van der Waals surface area (Å²) in [6.45, 7) is 8.50. The van der Waals surface area contributed by atoms with Crippen LogP contribution in [0.1, 0.15) is 67.2 Å². The average Bonchev–Trinajstić information content (AvgIpc) is 3.14. The van der Waals surface area contributed by atoms with Gasteiger partial charge >= 0.3 is 23.9 Å². The number of methoxy groups -OCH3 is 1. The first-order valence-corrected chi connectivity index (χ1v) is 17.9. The van der Waals surface area contributed by atoms with E-state index in [1.165, 1.54) is 40.9 Å². The van der Waals surface area contributed by atoms with E-state index in [-0.39, 0.29) is 18.5 Å². The van der Waals surface area contributed by atoms with Crippen LogP contribution in [0.15, 0.2) is 28.1 Å². The van der Waals surface area contributed by atoms with Crippen molar-refractivity contribution in [2.75, 3.05) is 13.7 Å². The fraction of sp³-hybridized carbons (Fsp3) is 0.686. The van der Waals surface area contributed by atoms with Crippen LogP contribution in [0.2, 0.25) is 0 Å². The topological polar surface area (TPSA) is 287 Å². The first-order valence-electron chi connectivity index (χ1n) is 17.5. The number of allylic oxidation sites excluding steroid dienone is 1. The van der Waals surface area contributed by atoms with Gasteiger partial charge in [-0.05, 0) is 39.4 Å². The number of carboxylic acids is 1. The average molecular weight is 801 g/mol. The molecule has 0 spiro atoms. The predicted molar refractivity (Wildman–Crippen MR) is 189 cm³/mol. The van der Waals surface area contributed by atoms with Crippen molar-refractivity contribution in [2.45, 2.75) is 134 Å². The maximum atomic E-state index is 13.4. The van der Waals surface area contributed by atoms with Crippen LogP contribution in [0.3, 0.4) is 0 Å². The summed E-state index contributed by atoms with van der Waals surface area (Å²) in [5.74, 6) is -7.56. The molecule has 0 radical (unpaired) electrons. The Kier molecular flexibility index (Phi) is 15.5. The number of nitrogens with one attached hydrogen (secondary N) is 1. The highest BCUT2D eigenvalue weighted by molar-refractivity contribution is 7.78. The fourth-order valence-electron chi connectivity index (χ4n) is 6.54. The van der Waals surface area contributed by atoms with Crippen LogP contribution in [-0.2, 0) is 57.1 Å². The highest BCUT2D eigenvalue weighted by Gasteiger charge is 2.62. The van der Waals surface area contributed by atoms with Gasteiger partial charge in [-0.1, -0.05) is 26.8 Å². The molecule has 6 N–H and O–H groups in total. The second-order valence-corrected chi connectivity index (χ2v) is 13.5. The molecule has 0 aromatic rings. The number of rotatable bonds is 15. The quantitative estimate of drug-likeness (QED) is 0.0440. The zero-order valence-electron chi connectivity index (χ0n) is 31.4. The lowest BCUT2D eigenvalue weighted by atomic mass is 9.74. The molecule has 0 bridgehead atoms. The number of ketones is 1. The van der Waals surface area contributed by atoms with E-state index >= 15 is 0 Å². The number of aliphatic carboxylic acids is 1. The molecule has 2 saturated heterocycles. The van der Waals surface area contributed by atoms with Crippen LogP contribution in [0.25, 0.3) is 0 Å². The number of carbonyl (C=O) groups excluding carboxylic acids is 4. The van der Waals surface area contributed by atoms with Crippen molar-refractivity contribution in [1.82, 2.24) is 0 Å². The molecule has 12 atom stereocenters. The summed E-state index contributed by atoms with van der Waals surface area (Å²) in [4.78, 5) is 66.8. The zero-order valence-corrected chi connectivity index (χ0v) is 32.2. The molecule has 1 aliphatic carbocycles. The Balaban J connectivity index is 2.15. The number of esters is 3. The molecule has 2 heterocycles. The summed E-state index contributed by atoms with van der Waals surface area (Å²) in [6, 6.07) is 0. The molecular weight excluding hydrogens is 752 g/mol. The van der Waals surface area contributed by atoms with E-state index in [1.807, 2.05) is 5.16 Å². The molecular formula is C35H48N2O17S. The molecule has 20 heteroatoms. The highest BCUT2D eigenvalue weighted by atomic mass is 32.1. The van der Waals surface area contributed by atoms with E-state index in [0.29, 0.717) is 6.42 Å². The maximum absolute atomic E-state index is 13.4. The monoisotopic (exact) mass is 800 g/mol. The van der Waals surface area contributed by atoms with Gasteiger partial charge in [0.25, 0.3) is 0 Å². The number of hydrogen-bond donors (Lipinski definition) is 6. The second-order valence-electron chi connectivity index (χ2n) is 13.3. The maximum Gasteiger partial charge on any atom is 0.357 e. The van der Waals surface area contributed by atoms with Gasteiger partial charge in [0.05, 0.1) is 29.7 Å². The Morgan fingerprint density at radius 3 is 2.36 bits per heavy atom. The smallest absolute Gasteiger partial charge is 0.357 e. The Hall–Kier alpha value is -3.98. The molecule has 0 aromatic carbocycles. The molecule has 306 valence electrons. The Labute approximate surface area is 321 Å². The van der Waals surface area contributed by atoms with E-state index < -0.39 is 132 Å². The van der Waals surface area contributed by atoms with Crippen molar-refractivity contribution in [1.29, 1.82) is 5.41 Å². The van der Waals surface area contributed by atoms with Gasteiger partial charge < -0.3 is 58.7 Å². The first kappa shape index (κ1) is 45.4. The molecule has 55 heavy (non-hydrogen) atoms. The number of carboxylic acid groups (broad SMARTS) is 1. The number of ether oxygens (including phenoxy) is 7. The van der Waals surface area contributed by atoms with Crippen molar-refractivity contribution < 1.29 is 82.7 Å². The number of nitrogens with zero attached hydrogens (tertiary/aromatic N) is 1. The van der Waals surface area contributed by atoms with Crippen LogP contribution in [-0.4, -0.2) is 146 Å². The Morgan fingerprint density at radius 1 is 1.16 bits per heavy atom. The van der Waals surface area contributed by atoms with Crippen molar-refractivity contribution in [3.8, 4) is 0 Å². The van der Waals surface area contributed by atoms with Crippen molar-refractivity contribution in [3.63, 3.8) is 0 Å². The molecule has 12 unspecified atom stereocenters. The van der Waals surface area contributed by atoms with E-state index in [4.69, 9.17) is 38.6 Å². The number of aliphatic hydroxyl groups is 4. The molecule has 0 aromatic heterocycles. The molecule has 0 saturated carbocycles. The van der Waals surface area contributed by atoms with E-state index in [9.17, 15) is 49.5 Å². The lowest BCUT2D eigenvalue weighted by molar-refractivity contribution is -0.345. The minimum Gasteiger partial charge on any atom is -0.508 e. The van der Waals surface area contributed by atoms with Gasteiger partial charge in [0.2, 0.25) is 0 Å². The molecule has 3 rings (SSSR count). The minimum atomic E-state index is -3.03. The van der Waals surface area contributed by atoms with Crippen molar-refractivity contribution >= 4 is 52.8 Å². The van der Waals surface area contributed by atoms with Crippen LogP contribution in [0.5, 0.6) is 0 Å². The normalized spacial score (nSPS) is 33.9. The number of carbonyl (C=O) groups is 5. The number of isothiocyanates is 1. The van der Waals surface area contributed by atoms with Crippen molar-refractivity contribution in [2.24, 2.45) is 10.9 Å². The van der Waals surface area contributed by atoms with Gasteiger partial charge in [0, 0.05) is 20.0 Å². The minimum absolute atomic E-state index is 0.123. The summed E-state index contributed by atoms with van der Waals surface area (Å²) in [7, 11) is 1.27. The van der Waals surface area contributed by atoms with Crippen LogP contribution < -0.4 is 0 Å². The molecule has 0 amide bonds. The van der Waals surface area contributed by atoms with Crippen molar-refractivity contribution in [3.05, 3.63) is 23.1 Å². The first-order chi connectivity index (χ1) is 25.8. The van der Waals surface area contributed by atoms with Crippen LogP contribution in [0.4, 0.5) is 0 Å². The summed E-state index contributed by atoms with van der Waals surface area (Å²) < 4.78 is 40.3. The molecule has 19 nitrogen and oxygen atoms in total. The Morgan fingerprint density at radius 2 is 1.82 bits per heavy atom. The Bertz CT molecular complexity index is 1630. The summed E-state index contributed by atoms with van der Waals surface area (Å²) in [5.41, 5.74) is -7.73. The number of thiocarbonyl (C=S) groups is 1. The molecule has 2 aliphatic heterocycles. The van der Waals surface area contributed by atoms with Gasteiger partial charge in [-0.15, -0.1) is 0 Å². The fourth-order valence-corrected chi connectivity index (χ4v) is 6.64. The van der Waals surface area contributed by atoms with E-state index in [2.05, 4.69) is 17.2 Å². The highest BCUT2D eigenvalue weighted by Crippen LogP contribution is 2.42. The van der Waals surface area contributed by atoms with E-state index in [0.717, 1.165) is 0 Å². The van der Waals surface area contributed by atoms with Crippen LogP contribution in [0, 0.1) is 11.3 Å². The standard InChI is InChI=1S/C35H48N2O17S/c1-8-15(4)32(44)51-17(6)35(47)16(5)50-23(11-21(35)48-7)53-28-26(40)30(34(46)12-19(38)25(36)24(29(34)41)31(42)43)52-20(13-49-22(39)10-3)27(28)54-33(45)18(9-2)37-14-55/h9,15-17,20-21,23,26-28,30,36,40-41,46-47H,8,10-13H2,1-7H3,(H,42,43). The lowest BCUT2D eigenvalue weighted by Crippen LogP contribution is -2.70. The van der Waals surface area contributed by atoms with E-state index in [1.54, 1.807) is 13.8 Å². The molecule has 3 aliphatic rings. The predicted octanol–water partition coefficient (Wildman–Crippen LogP) is 0.851. The van der Waals surface area contributed by atoms with Gasteiger partial charge in [0.1, 0.15) is 54.2 Å². The third-order valence-electron chi connectivity index (χ3n) is 10.0. The number of hydrogen-bond acceptors (Lipinski definition) is 19. The van der Waals surface area contributed by atoms with Gasteiger partial charge in [0.15, 0.2) is 35.1 Å².